The summed E-state index contributed by atoms with van der Waals surface area (Å²) in [5.74, 6) is 1.40. The van der Waals surface area contributed by atoms with E-state index in [0.717, 1.165) is 25.8 Å². The van der Waals surface area contributed by atoms with Crippen molar-refractivity contribution < 1.29 is 9.53 Å². The number of hydrogen-bond donors (Lipinski definition) is 1. The molecule has 1 aromatic carbocycles. The Morgan fingerprint density at radius 1 is 1.19 bits per heavy atom. The van der Waals surface area contributed by atoms with Gasteiger partial charge in [0.05, 0.1) is 6.20 Å². The Kier molecular flexibility index (Phi) is 8.85. The molecule has 1 amide bonds. The van der Waals surface area contributed by atoms with Gasteiger partial charge in [0.1, 0.15) is 11.5 Å². The Labute approximate surface area is 166 Å². The van der Waals surface area contributed by atoms with Gasteiger partial charge in [0, 0.05) is 30.4 Å². The third-order valence-corrected chi connectivity index (χ3v) is 4.39. The van der Waals surface area contributed by atoms with Crippen molar-refractivity contribution >= 4 is 30.7 Å². The van der Waals surface area contributed by atoms with Crippen molar-refractivity contribution in [2.75, 3.05) is 6.54 Å². The van der Waals surface area contributed by atoms with Crippen molar-refractivity contribution in [2.45, 2.75) is 38.3 Å². The summed E-state index contributed by atoms with van der Waals surface area (Å²) in [5.41, 5.74) is 6.73. The van der Waals surface area contributed by atoms with Gasteiger partial charge in [0.25, 0.3) is 5.91 Å². The standard InChI is InChI=1S/C19H23N3O2.2ClH/c1-14(20)18-6-2-3-12-22(18)19(23)15-7-9-16(10-8-15)24-17-5-4-11-21-13-17;;/h4-5,7-11,13-14,18H,2-3,6,12,20H2,1H3;2*1H. The predicted octanol–water partition coefficient (Wildman–Crippen LogP) is 4.06. The molecule has 1 aliphatic rings. The molecule has 2 heterocycles. The molecule has 2 atom stereocenters. The lowest BCUT2D eigenvalue weighted by molar-refractivity contribution is 0.0584. The number of carbonyl (C=O) groups is 1. The molecule has 0 bridgehead atoms. The van der Waals surface area contributed by atoms with Gasteiger partial charge in [-0.05, 0) is 62.6 Å². The highest BCUT2D eigenvalue weighted by atomic mass is 35.5. The molecule has 0 spiro atoms. The minimum absolute atomic E-state index is 0. The zero-order valence-electron chi connectivity index (χ0n) is 14.7. The van der Waals surface area contributed by atoms with E-state index in [1.807, 2.05) is 36.1 Å². The Morgan fingerprint density at radius 3 is 2.54 bits per heavy atom. The van der Waals surface area contributed by atoms with Crippen LogP contribution >= 0.6 is 24.8 Å². The maximum atomic E-state index is 12.8. The number of nitrogens with zero attached hydrogens (tertiary/aromatic N) is 2. The van der Waals surface area contributed by atoms with Crippen LogP contribution in [0, 0.1) is 0 Å². The fraction of sp³-hybridized carbons (Fsp3) is 0.368. The Morgan fingerprint density at radius 2 is 1.92 bits per heavy atom. The number of amides is 1. The summed E-state index contributed by atoms with van der Waals surface area (Å²) in [4.78, 5) is 18.7. The van der Waals surface area contributed by atoms with Gasteiger partial charge < -0.3 is 15.4 Å². The SMILES string of the molecule is CC(N)C1CCCCN1C(=O)c1ccc(Oc2cccnc2)cc1.Cl.Cl. The minimum atomic E-state index is -0.0116. The molecule has 3 rings (SSSR count). The first kappa shape index (κ1) is 22.2. The van der Waals surface area contributed by atoms with Gasteiger partial charge >= 0.3 is 0 Å². The van der Waals surface area contributed by atoms with Crippen molar-refractivity contribution in [1.82, 2.24) is 9.88 Å². The van der Waals surface area contributed by atoms with Gasteiger partial charge in [-0.25, -0.2) is 0 Å². The quantitative estimate of drug-likeness (QED) is 0.844. The number of nitrogens with two attached hydrogens (primary N) is 1. The van der Waals surface area contributed by atoms with Crippen molar-refractivity contribution in [1.29, 1.82) is 0 Å². The van der Waals surface area contributed by atoms with E-state index in [9.17, 15) is 4.79 Å². The lowest BCUT2D eigenvalue weighted by Gasteiger charge is -2.38. The predicted molar refractivity (Wildman–Crippen MR) is 108 cm³/mol. The van der Waals surface area contributed by atoms with Gasteiger partial charge in [-0.2, -0.15) is 0 Å². The average Bonchev–Trinajstić information content (AvgIpc) is 2.62. The molecule has 142 valence electrons. The number of piperidine rings is 1. The molecule has 1 aliphatic heterocycles. The molecule has 1 saturated heterocycles. The molecule has 5 nitrogen and oxygen atoms in total. The molecule has 1 fully saturated rings. The Bertz CT molecular complexity index is 681. The van der Waals surface area contributed by atoms with Crippen LogP contribution in [0.3, 0.4) is 0 Å². The van der Waals surface area contributed by atoms with Crippen LogP contribution in [0.5, 0.6) is 11.5 Å². The molecule has 26 heavy (non-hydrogen) atoms. The largest absolute Gasteiger partial charge is 0.456 e. The zero-order chi connectivity index (χ0) is 16.9. The molecule has 0 radical (unpaired) electrons. The number of rotatable bonds is 4. The van der Waals surface area contributed by atoms with Crippen molar-refractivity contribution in [3.05, 3.63) is 54.4 Å². The average molecular weight is 398 g/mol. The third kappa shape index (κ3) is 5.34. The topological polar surface area (TPSA) is 68.5 Å². The molecule has 2 unspecified atom stereocenters. The number of halogens is 2. The second-order valence-electron chi connectivity index (χ2n) is 6.24. The first-order chi connectivity index (χ1) is 11.6. The van der Waals surface area contributed by atoms with Gasteiger partial charge in [0.2, 0.25) is 0 Å². The smallest absolute Gasteiger partial charge is 0.254 e. The molecular weight excluding hydrogens is 373 g/mol. The van der Waals surface area contributed by atoms with Crippen LogP contribution in [-0.2, 0) is 0 Å². The molecule has 7 heteroatoms. The maximum Gasteiger partial charge on any atom is 0.254 e. The summed E-state index contributed by atoms with van der Waals surface area (Å²) in [6.45, 7) is 2.75. The van der Waals surface area contributed by atoms with E-state index >= 15 is 0 Å². The molecule has 2 aromatic rings. The number of hydrogen-bond acceptors (Lipinski definition) is 4. The first-order valence-corrected chi connectivity index (χ1v) is 8.39. The Hall–Kier alpha value is -1.82. The summed E-state index contributed by atoms with van der Waals surface area (Å²) < 4.78 is 5.71. The van der Waals surface area contributed by atoms with E-state index in [1.165, 1.54) is 0 Å². The summed E-state index contributed by atoms with van der Waals surface area (Å²) in [6, 6.07) is 11.0. The van der Waals surface area contributed by atoms with Crippen molar-refractivity contribution in [2.24, 2.45) is 5.73 Å². The lowest BCUT2D eigenvalue weighted by atomic mass is 9.96. The van der Waals surface area contributed by atoms with E-state index in [-0.39, 0.29) is 42.8 Å². The highest BCUT2D eigenvalue weighted by Gasteiger charge is 2.29. The normalized spacial score (nSPS) is 17.5. The van der Waals surface area contributed by atoms with Crippen LogP contribution in [0.2, 0.25) is 0 Å². The van der Waals surface area contributed by atoms with Crippen LogP contribution < -0.4 is 10.5 Å². The minimum Gasteiger partial charge on any atom is -0.456 e. The van der Waals surface area contributed by atoms with Crippen LogP contribution in [0.25, 0.3) is 0 Å². The summed E-state index contributed by atoms with van der Waals surface area (Å²) in [5, 5.41) is 0. The highest BCUT2D eigenvalue weighted by Crippen LogP contribution is 2.24. The third-order valence-electron chi connectivity index (χ3n) is 4.39. The number of pyridine rings is 1. The molecule has 1 aromatic heterocycles. The summed E-state index contributed by atoms with van der Waals surface area (Å²) in [6.07, 6.45) is 6.50. The van der Waals surface area contributed by atoms with Crippen LogP contribution in [-0.4, -0.2) is 34.4 Å². The van der Waals surface area contributed by atoms with E-state index in [4.69, 9.17) is 10.5 Å². The zero-order valence-corrected chi connectivity index (χ0v) is 16.3. The fourth-order valence-corrected chi connectivity index (χ4v) is 3.13. The van der Waals surface area contributed by atoms with E-state index in [2.05, 4.69) is 4.98 Å². The first-order valence-electron chi connectivity index (χ1n) is 8.39. The molecular formula is C19H25Cl2N3O2. The van der Waals surface area contributed by atoms with E-state index < -0.39 is 0 Å². The maximum absolute atomic E-state index is 12.8. The number of likely N-dealkylation sites (tertiary alicyclic amines) is 1. The monoisotopic (exact) mass is 397 g/mol. The van der Waals surface area contributed by atoms with Crippen molar-refractivity contribution in [3.8, 4) is 11.5 Å². The van der Waals surface area contributed by atoms with Crippen LogP contribution in [0.15, 0.2) is 48.8 Å². The van der Waals surface area contributed by atoms with Crippen LogP contribution in [0.1, 0.15) is 36.5 Å². The van der Waals surface area contributed by atoms with Crippen LogP contribution in [0.4, 0.5) is 0 Å². The van der Waals surface area contributed by atoms with E-state index in [0.29, 0.717) is 17.1 Å². The number of aromatic nitrogens is 1. The Balaban J connectivity index is 0.00000169. The number of benzene rings is 1. The summed E-state index contributed by atoms with van der Waals surface area (Å²) in [7, 11) is 0. The second kappa shape index (κ2) is 10.4. The highest BCUT2D eigenvalue weighted by molar-refractivity contribution is 5.94. The van der Waals surface area contributed by atoms with E-state index in [1.54, 1.807) is 24.5 Å². The van der Waals surface area contributed by atoms with Gasteiger partial charge in [0.15, 0.2) is 0 Å². The van der Waals surface area contributed by atoms with Gasteiger partial charge in [-0.3, -0.25) is 9.78 Å². The second-order valence-corrected chi connectivity index (χ2v) is 6.24. The number of ether oxygens (including phenoxy) is 1. The van der Waals surface area contributed by atoms with Crippen molar-refractivity contribution in [3.63, 3.8) is 0 Å². The molecule has 0 aliphatic carbocycles. The summed E-state index contributed by atoms with van der Waals surface area (Å²) >= 11 is 0. The number of carbonyl (C=O) groups excluding carboxylic acids is 1. The lowest BCUT2D eigenvalue weighted by Crippen LogP contribution is -2.51. The van der Waals surface area contributed by atoms with Gasteiger partial charge in [-0.1, -0.05) is 0 Å². The fourth-order valence-electron chi connectivity index (χ4n) is 3.13. The van der Waals surface area contributed by atoms with Gasteiger partial charge in [-0.15, -0.1) is 24.8 Å². The molecule has 2 N–H and O–H groups in total. The molecule has 0 saturated carbocycles.